The van der Waals surface area contributed by atoms with Gasteiger partial charge in [-0.2, -0.15) is 0 Å². The van der Waals surface area contributed by atoms with Gasteiger partial charge in [-0.25, -0.2) is 14.4 Å². The first-order chi connectivity index (χ1) is 13.1. The highest BCUT2D eigenvalue weighted by Gasteiger charge is 2.54. The number of alkyl carbamates (subject to hydrolysis) is 1. The topological polar surface area (TPSA) is 107 Å². The number of benzene rings is 1. The summed E-state index contributed by atoms with van der Waals surface area (Å²) in [4.78, 5) is 40.1. The fraction of sp³-hybridized carbons (Fsp3) is 0.450. The highest BCUT2D eigenvalue weighted by Crippen LogP contribution is 2.34. The van der Waals surface area contributed by atoms with Gasteiger partial charge >= 0.3 is 18.0 Å². The Balaban J connectivity index is 1.83. The molecule has 8 nitrogen and oxygen atoms in total. The van der Waals surface area contributed by atoms with Crippen molar-refractivity contribution in [2.24, 2.45) is 0 Å². The number of cyclic esters (lactones) is 1. The van der Waals surface area contributed by atoms with Crippen molar-refractivity contribution >= 4 is 28.9 Å². The van der Waals surface area contributed by atoms with Gasteiger partial charge in [0.2, 0.25) is 5.60 Å². The fourth-order valence-corrected chi connectivity index (χ4v) is 3.36. The minimum Gasteiger partial charge on any atom is -0.466 e. The molecule has 8 heteroatoms. The number of esters is 2. The number of ether oxygens (including phenoxy) is 3. The van der Waals surface area contributed by atoms with Gasteiger partial charge in [-0.1, -0.05) is 18.2 Å². The van der Waals surface area contributed by atoms with Crippen molar-refractivity contribution in [3.63, 3.8) is 0 Å². The van der Waals surface area contributed by atoms with E-state index in [2.05, 4.69) is 10.3 Å². The molecule has 1 saturated heterocycles. The zero-order valence-corrected chi connectivity index (χ0v) is 16.3. The lowest BCUT2D eigenvalue weighted by Gasteiger charge is -2.24. The van der Waals surface area contributed by atoms with Crippen LogP contribution in [0.2, 0.25) is 0 Å². The van der Waals surface area contributed by atoms with E-state index in [4.69, 9.17) is 14.2 Å². The third kappa shape index (κ3) is 3.95. The Morgan fingerprint density at radius 2 is 2.04 bits per heavy atom. The second kappa shape index (κ2) is 7.18. The van der Waals surface area contributed by atoms with Crippen molar-refractivity contribution in [2.45, 2.75) is 50.9 Å². The third-order valence-electron chi connectivity index (χ3n) is 4.51. The van der Waals surface area contributed by atoms with Crippen LogP contribution in [0.1, 0.15) is 32.8 Å². The lowest BCUT2D eigenvalue weighted by Crippen LogP contribution is -2.44. The van der Waals surface area contributed by atoms with E-state index in [-0.39, 0.29) is 12.8 Å². The molecule has 3 rings (SSSR count). The molecule has 2 atom stereocenters. The monoisotopic (exact) mass is 388 g/mol. The smallest absolute Gasteiger partial charge is 0.408 e. The normalized spacial score (nSPS) is 22.0. The Kier molecular flexibility index (Phi) is 5.06. The number of aromatic nitrogens is 1. The van der Waals surface area contributed by atoms with Gasteiger partial charge in [-0.15, -0.1) is 0 Å². The first-order valence-electron chi connectivity index (χ1n) is 8.99. The predicted octanol–water partition coefficient (Wildman–Crippen LogP) is 2.46. The van der Waals surface area contributed by atoms with Gasteiger partial charge in [-0.05, 0) is 32.4 Å². The van der Waals surface area contributed by atoms with E-state index in [1.807, 2.05) is 24.3 Å². The molecule has 0 spiro atoms. The molecule has 0 bridgehead atoms. The molecular weight excluding hydrogens is 364 g/mol. The second-order valence-electron chi connectivity index (χ2n) is 7.85. The van der Waals surface area contributed by atoms with Gasteiger partial charge in [0.05, 0.1) is 7.11 Å². The van der Waals surface area contributed by atoms with Gasteiger partial charge in [-0.3, -0.25) is 0 Å². The minimum absolute atomic E-state index is 0.0444. The summed E-state index contributed by atoms with van der Waals surface area (Å²) in [5.41, 5.74) is -0.510. The van der Waals surface area contributed by atoms with Gasteiger partial charge in [0.15, 0.2) is 0 Å². The molecule has 150 valence electrons. The van der Waals surface area contributed by atoms with Crippen LogP contribution in [0.15, 0.2) is 30.5 Å². The molecule has 1 amide bonds. The van der Waals surface area contributed by atoms with Crippen LogP contribution in [0.3, 0.4) is 0 Å². The average molecular weight is 388 g/mol. The van der Waals surface area contributed by atoms with Crippen LogP contribution in [0, 0.1) is 0 Å². The third-order valence-corrected chi connectivity index (χ3v) is 4.51. The summed E-state index contributed by atoms with van der Waals surface area (Å²) in [5, 5.41) is 3.41. The van der Waals surface area contributed by atoms with Crippen molar-refractivity contribution in [3.8, 4) is 0 Å². The van der Waals surface area contributed by atoms with Crippen molar-refractivity contribution in [1.29, 1.82) is 0 Å². The molecule has 2 unspecified atom stereocenters. The molecule has 1 aromatic heterocycles. The number of H-pyrrole nitrogens is 1. The number of methoxy groups -OCH3 is 1. The van der Waals surface area contributed by atoms with Crippen molar-refractivity contribution < 1.29 is 28.6 Å². The van der Waals surface area contributed by atoms with Crippen LogP contribution in [0.5, 0.6) is 0 Å². The van der Waals surface area contributed by atoms with E-state index in [1.54, 1.807) is 27.0 Å². The Bertz CT molecular complexity index is 913. The van der Waals surface area contributed by atoms with Crippen LogP contribution in [0.25, 0.3) is 10.9 Å². The number of aromatic amines is 1. The van der Waals surface area contributed by atoms with Gasteiger partial charge in [0.1, 0.15) is 11.6 Å². The first-order valence-corrected chi connectivity index (χ1v) is 8.99. The molecule has 0 saturated carbocycles. The number of nitrogens with one attached hydrogen (secondary N) is 2. The number of rotatable bonds is 4. The SMILES string of the molecule is COC(=O)C1(Cc2c[nH]c3ccccc23)CC(NC(=O)OC(C)(C)C)C(=O)O1. The Morgan fingerprint density at radius 3 is 2.71 bits per heavy atom. The summed E-state index contributed by atoms with van der Waals surface area (Å²) < 4.78 is 15.6. The predicted molar refractivity (Wildman–Crippen MR) is 101 cm³/mol. The fourth-order valence-electron chi connectivity index (χ4n) is 3.36. The maximum Gasteiger partial charge on any atom is 0.408 e. The summed E-state index contributed by atoms with van der Waals surface area (Å²) >= 11 is 0. The zero-order valence-electron chi connectivity index (χ0n) is 16.3. The number of carbonyl (C=O) groups excluding carboxylic acids is 3. The van der Waals surface area contributed by atoms with Gasteiger partial charge in [0.25, 0.3) is 0 Å². The average Bonchev–Trinajstić information content (AvgIpc) is 3.15. The lowest BCUT2D eigenvalue weighted by atomic mass is 9.90. The minimum atomic E-state index is -1.52. The molecule has 0 radical (unpaired) electrons. The summed E-state index contributed by atoms with van der Waals surface area (Å²) in [5.74, 6) is -1.37. The van der Waals surface area contributed by atoms with Crippen LogP contribution < -0.4 is 5.32 Å². The van der Waals surface area contributed by atoms with E-state index in [1.165, 1.54) is 7.11 Å². The van der Waals surface area contributed by atoms with Gasteiger partial charge < -0.3 is 24.5 Å². The van der Waals surface area contributed by atoms with E-state index < -0.39 is 35.3 Å². The molecule has 1 aliphatic heterocycles. The number of amides is 1. The van der Waals surface area contributed by atoms with Crippen molar-refractivity contribution in [1.82, 2.24) is 10.3 Å². The molecule has 0 aliphatic carbocycles. The molecule has 28 heavy (non-hydrogen) atoms. The summed E-state index contributed by atoms with van der Waals surface area (Å²) in [6, 6.07) is 6.61. The first kappa shape index (κ1) is 19.7. The van der Waals surface area contributed by atoms with Gasteiger partial charge in [0, 0.05) is 29.9 Å². The number of carbonyl (C=O) groups is 3. The van der Waals surface area contributed by atoms with Crippen LogP contribution in [0.4, 0.5) is 4.79 Å². The maximum absolute atomic E-state index is 12.6. The van der Waals surface area contributed by atoms with Crippen LogP contribution >= 0.6 is 0 Å². The number of fused-ring (bicyclic) bond motifs is 1. The summed E-state index contributed by atoms with van der Waals surface area (Å²) in [6.45, 7) is 5.15. The molecule has 2 N–H and O–H groups in total. The standard InChI is InChI=1S/C20H24N2O6/c1-19(2,3)28-18(25)22-15-10-20(17(24)26-4,27-16(15)23)9-12-11-21-14-8-6-5-7-13(12)14/h5-8,11,15,21H,9-10H2,1-4H3,(H,22,25). The molecule has 1 fully saturated rings. The Hall–Kier alpha value is -3.03. The molecule has 2 aromatic rings. The Labute approximate surface area is 162 Å². The highest BCUT2D eigenvalue weighted by atomic mass is 16.6. The number of hydrogen-bond acceptors (Lipinski definition) is 6. The second-order valence-corrected chi connectivity index (χ2v) is 7.85. The molecular formula is C20H24N2O6. The highest BCUT2D eigenvalue weighted by molar-refractivity contribution is 5.92. The quantitative estimate of drug-likeness (QED) is 0.616. The number of hydrogen-bond donors (Lipinski definition) is 2. The number of para-hydroxylation sites is 1. The Morgan fingerprint density at radius 1 is 1.32 bits per heavy atom. The lowest BCUT2D eigenvalue weighted by molar-refractivity contribution is -0.172. The van der Waals surface area contributed by atoms with Crippen LogP contribution in [-0.4, -0.2) is 47.4 Å². The van der Waals surface area contributed by atoms with E-state index >= 15 is 0 Å². The summed E-state index contributed by atoms with van der Waals surface area (Å²) in [6.07, 6.45) is 1.11. The summed E-state index contributed by atoms with van der Waals surface area (Å²) in [7, 11) is 1.24. The molecule has 1 aromatic carbocycles. The van der Waals surface area contributed by atoms with Crippen molar-refractivity contribution in [2.75, 3.05) is 7.11 Å². The maximum atomic E-state index is 12.6. The van der Waals surface area contributed by atoms with E-state index in [0.717, 1.165) is 16.5 Å². The largest absolute Gasteiger partial charge is 0.466 e. The van der Waals surface area contributed by atoms with Crippen molar-refractivity contribution in [3.05, 3.63) is 36.0 Å². The van der Waals surface area contributed by atoms with E-state index in [0.29, 0.717) is 0 Å². The zero-order chi connectivity index (χ0) is 20.5. The molecule has 1 aliphatic rings. The van der Waals surface area contributed by atoms with E-state index in [9.17, 15) is 14.4 Å². The van der Waals surface area contributed by atoms with Crippen LogP contribution in [-0.2, 0) is 30.2 Å². The molecule has 2 heterocycles.